The molecule has 0 spiro atoms. The summed E-state index contributed by atoms with van der Waals surface area (Å²) in [5, 5.41) is 4.98. The molecule has 1 amide bonds. The Kier molecular flexibility index (Phi) is 3.15. The van der Waals surface area contributed by atoms with E-state index < -0.39 is 0 Å². The van der Waals surface area contributed by atoms with Crippen LogP contribution in [0.1, 0.15) is 17.7 Å². The first-order valence-corrected chi connectivity index (χ1v) is 7.54. The highest BCUT2D eigenvalue weighted by Gasteiger charge is 2.23. The van der Waals surface area contributed by atoms with Crippen molar-refractivity contribution in [1.82, 2.24) is 5.16 Å². The van der Waals surface area contributed by atoms with Crippen molar-refractivity contribution in [3.63, 3.8) is 0 Å². The maximum absolute atomic E-state index is 12.7. The van der Waals surface area contributed by atoms with Crippen molar-refractivity contribution in [2.24, 2.45) is 0 Å². The van der Waals surface area contributed by atoms with E-state index in [-0.39, 0.29) is 12.3 Å². The number of benzene rings is 2. The van der Waals surface area contributed by atoms with Crippen LogP contribution in [0, 0.1) is 0 Å². The fraction of sp³-hybridized carbons (Fsp3) is 0.222. The highest BCUT2D eigenvalue weighted by atomic mass is 16.5. The number of aromatic nitrogens is 1. The third kappa shape index (κ3) is 2.17. The van der Waals surface area contributed by atoms with Crippen LogP contribution in [-0.4, -0.2) is 17.6 Å². The van der Waals surface area contributed by atoms with Crippen molar-refractivity contribution in [3.05, 3.63) is 59.8 Å². The lowest BCUT2D eigenvalue weighted by Crippen LogP contribution is -2.36. The summed E-state index contributed by atoms with van der Waals surface area (Å²) in [5.41, 5.74) is 3.71. The predicted octanol–water partition coefficient (Wildman–Crippen LogP) is 3.35. The van der Waals surface area contributed by atoms with Crippen LogP contribution < -0.4 is 4.90 Å². The van der Waals surface area contributed by atoms with Gasteiger partial charge in [0.2, 0.25) is 5.91 Å². The van der Waals surface area contributed by atoms with Crippen LogP contribution in [0.25, 0.3) is 11.0 Å². The summed E-state index contributed by atoms with van der Waals surface area (Å²) in [6.45, 7) is 0.769. The van der Waals surface area contributed by atoms with Crippen molar-refractivity contribution >= 4 is 22.6 Å². The molecule has 1 aliphatic rings. The zero-order valence-corrected chi connectivity index (χ0v) is 12.2. The number of amides is 1. The second-order valence-corrected chi connectivity index (χ2v) is 5.58. The second-order valence-electron chi connectivity index (χ2n) is 5.58. The van der Waals surface area contributed by atoms with Crippen LogP contribution in [0.3, 0.4) is 0 Å². The molecule has 0 saturated heterocycles. The molecule has 0 atom stereocenters. The summed E-state index contributed by atoms with van der Waals surface area (Å²) in [6.07, 6.45) is 2.31. The smallest absolute Gasteiger partial charge is 0.233 e. The third-order valence-electron chi connectivity index (χ3n) is 4.18. The zero-order valence-electron chi connectivity index (χ0n) is 12.2. The molecule has 2 aromatic carbocycles. The lowest BCUT2D eigenvalue weighted by atomic mass is 10.0. The minimum atomic E-state index is 0.0752. The summed E-state index contributed by atoms with van der Waals surface area (Å²) in [5.74, 6) is 0.0752. The minimum Gasteiger partial charge on any atom is -0.356 e. The monoisotopic (exact) mass is 292 g/mol. The number of carbonyl (C=O) groups excluding carboxylic acids is 1. The molecule has 110 valence electrons. The number of rotatable bonds is 2. The van der Waals surface area contributed by atoms with Crippen molar-refractivity contribution < 1.29 is 9.32 Å². The van der Waals surface area contributed by atoms with E-state index in [9.17, 15) is 4.79 Å². The molecule has 4 heteroatoms. The van der Waals surface area contributed by atoms with Gasteiger partial charge in [0, 0.05) is 17.6 Å². The number of hydrogen-bond donors (Lipinski definition) is 0. The molecule has 2 heterocycles. The molecule has 0 radical (unpaired) electrons. The van der Waals surface area contributed by atoms with E-state index in [0.29, 0.717) is 5.69 Å². The summed E-state index contributed by atoms with van der Waals surface area (Å²) in [6, 6.07) is 15.8. The van der Waals surface area contributed by atoms with Crippen LogP contribution in [0.15, 0.2) is 53.1 Å². The second kappa shape index (κ2) is 5.30. The highest BCUT2D eigenvalue weighted by Crippen LogP contribution is 2.28. The van der Waals surface area contributed by atoms with Crippen molar-refractivity contribution in [2.75, 3.05) is 11.4 Å². The van der Waals surface area contributed by atoms with Gasteiger partial charge < -0.3 is 9.42 Å². The van der Waals surface area contributed by atoms with E-state index in [1.165, 1.54) is 5.56 Å². The Morgan fingerprint density at radius 2 is 1.95 bits per heavy atom. The highest BCUT2D eigenvalue weighted by molar-refractivity contribution is 5.97. The molecule has 1 aromatic heterocycles. The van der Waals surface area contributed by atoms with Crippen LogP contribution in [0.5, 0.6) is 0 Å². The van der Waals surface area contributed by atoms with E-state index in [0.717, 1.165) is 36.0 Å². The van der Waals surface area contributed by atoms with Crippen LogP contribution >= 0.6 is 0 Å². The van der Waals surface area contributed by atoms with Gasteiger partial charge in [0.1, 0.15) is 5.69 Å². The first-order valence-electron chi connectivity index (χ1n) is 7.54. The molecule has 0 N–H and O–H groups in total. The van der Waals surface area contributed by atoms with Crippen molar-refractivity contribution in [3.8, 4) is 0 Å². The van der Waals surface area contributed by atoms with Gasteiger partial charge in [0.05, 0.1) is 6.42 Å². The number of carbonyl (C=O) groups is 1. The molecule has 0 fully saturated rings. The molecular formula is C18H16N2O2. The number of aryl methyl sites for hydroxylation is 1. The Morgan fingerprint density at radius 3 is 2.91 bits per heavy atom. The summed E-state index contributed by atoms with van der Waals surface area (Å²) in [4.78, 5) is 14.6. The Bertz CT molecular complexity index is 838. The minimum absolute atomic E-state index is 0.0752. The molecular weight excluding hydrogens is 276 g/mol. The number of fused-ring (bicyclic) bond motifs is 2. The van der Waals surface area contributed by atoms with Gasteiger partial charge in [0.25, 0.3) is 0 Å². The van der Waals surface area contributed by atoms with E-state index >= 15 is 0 Å². The lowest BCUT2D eigenvalue weighted by molar-refractivity contribution is -0.118. The quantitative estimate of drug-likeness (QED) is 0.727. The topological polar surface area (TPSA) is 46.3 Å². The maximum atomic E-state index is 12.7. The SMILES string of the molecule is O=C(Cc1noc2ccccc12)N1CCCc2ccccc21. The van der Waals surface area contributed by atoms with Gasteiger partial charge in [0.15, 0.2) is 5.58 Å². The number of anilines is 1. The predicted molar refractivity (Wildman–Crippen MR) is 84.8 cm³/mol. The van der Waals surface area contributed by atoms with E-state index in [1.54, 1.807) is 0 Å². The number of nitrogens with zero attached hydrogens (tertiary/aromatic N) is 2. The van der Waals surface area contributed by atoms with Gasteiger partial charge in [-0.1, -0.05) is 35.5 Å². The Balaban J connectivity index is 1.63. The zero-order chi connectivity index (χ0) is 14.9. The van der Waals surface area contributed by atoms with Gasteiger partial charge >= 0.3 is 0 Å². The van der Waals surface area contributed by atoms with Crippen molar-refractivity contribution in [2.45, 2.75) is 19.3 Å². The Labute approximate surface area is 128 Å². The average molecular weight is 292 g/mol. The van der Waals surface area contributed by atoms with Crippen LogP contribution in [-0.2, 0) is 17.6 Å². The summed E-state index contributed by atoms with van der Waals surface area (Å²) >= 11 is 0. The number of para-hydroxylation sites is 2. The van der Waals surface area contributed by atoms with Gasteiger partial charge in [-0.15, -0.1) is 0 Å². The largest absolute Gasteiger partial charge is 0.356 e. The lowest BCUT2D eigenvalue weighted by Gasteiger charge is -2.29. The van der Waals surface area contributed by atoms with Gasteiger partial charge in [-0.2, -0.15) is 0 Å². The van der Waals surface area contributed by atoms with Crippen LogP contribution in [0.4, 0.5) is 5.69 Å². The van der Waals surface area contributed by atoms with Crippen molar-refractivity contribution in [1.29, 1.82) is 0 Å². The maximum Gasteiger partial charge on any atom is 0.233 e. The Hall–Kier alpha value is -2.62. The Morgan fingerprint density at radius 1 is 1.14 bits per heavy atom. The fourth-order valence-corrected chi connectivity index (χ4v) is 3.10. The molecule has 3 aromatic rings. The summed E-state index contributed by atoms with van der Waals surface area (Å²) < 4.78 is 5.29. The van der Waals surface area contributed by atoms with E-state index in [1.807, 2.05) is 47.4 Å². The molecule has 4 nitrogen and oxygen atoms in total. The molecule has 0 unspecified atom stereocenters. The summed E-state index contributed by atoms with van der Waals surface area (Å²) in [7, 11) is 0. The third-order valence-corrected chi connectivity index (χ3v) is 4.18. The van der Waals surface area contributed by atoms with Crippen LogP contribution in [0.2, 0.25) is 0 Å². The standard InChI is InChI=1S/C18H16N2O2/c21-18(12-15-14-8-2-4-10-17(14)22-19-15)20-11-5-7-13-6-1-3-9-16(13)20/h1-4,6,8-10H,5,7,11-12H2. The van der Waals surface area contributed by atoms with Gasteiger partial charge in [-0.25, -0.2) is 0 Å². The molecule has 4 rings (SSSR count). The van der Waals surface area contributed by atoms with Gasteiger partial charge in [-0.05, 0) is 36.6 Å². The molecule has 0 bridgehead atoms. The molecule has 1 aliphatic heterocycles. The molecule has 0 aliphatic carbocycles. The normalized spacial score (nSPS) is 14.1. The van der Waals surface area contributed by atoms with E-state index in [4.69, 9.17) is 4.52 Å². The van der Waals surface area contributed by atoms with E-state index in [2.05, 4.69) is 11.2 Å². The average Bonchev–Trinajstić information content (AvgIpc) is 2.97. The fourth-order valence-electron chi connectivity index (χ4n) is 3.10. The first kappa shape index (κ1) is 13.1. The van der Waals surface area contributed by atoms with Gasteiger partial charge in [-0.3, -0.25) is 4.79 Å². The molecule has 0 saturated carbocycles. The first-order chi connectivity index (χ1) is 10.8. The number of hydrogen-bond acceptors (Lipinski definition) is 3. The molecule has 22 heavy (non-hydrogen) atoms.